The Hall–Kier alpha value is -0.920. The van der Waals surface area contributed by atoms with Gasteiger partial charge in [0.25, 0.3) is 5.92 Å². The van der Waals surface area contributed by atoms with E-state index in [-0.39, 0.29) is 12.0 Å². The van der Waals surface area contributed by atoms with Crippen LogP contribution in [-0.2, 0) is 0 Å². The van der Waals surface area contributed by atoms with Gasteiger partial charge in [-0.2, -0.15) is 0 Å². The summed E-state index contributed by atoms with van der Waals surface area (Å²) in [6, 6.07) is 0. The first-order valence-corrected chi connectivity index (χ1v) is 3.89. The Morgan fingerprint density at radius 1 is 1.58 bits per heavy atom. The molecule has 1 aliphatic carbocycles. The Kier molecular flexibility index (Phi) is 2.18. The van der Waals surface area contributed by atoms with Crippen LogP contribution in [-0.4, -0.2) is 5.92 Å². The van der Waals surface area contributed by atoms with Gasteiger partial charge in [0.05, 0.1) is 0 Å². The fourth-order valence-corrected chi connectivity index (χ4v) is 1.49. The number of alkyl halides is 2. The van der Waals surface area contributed by atoms with Gasteiger partial charge in [-0.25, -0.2) is 8.78 Å². The molecule has 1 aliphatic rings. The predicted octanol–water partition coefficient (Wildman–Crippen LogP) is 3.47. The third-order valence-corrected chi connectivity index (χ3v) is 2.13. The Bertz CT molecular complexity index is 259. The number of allylic oxidation sites excluding steroid dienone is 4. The summed E-state index contributed by atoms with van der Waals surface area (Å²) in [7, 11) is 0. The van der Waals surface area contributed by atoms with E-state index in [2.05, 4.69) is 13.2 Å². The highest BCUT2D eigenvalue weighted by Crippen LogP contribution is 2.42. The van der Waals surface area contributed by atoms with Crippen LogP contribution in [0.3, 0.4) is 0 Å². The van der Waals surface area contributed by atoms with Crippen LogP contribution in [0.1, 0.15) is 19.8 Å². The van der Waals surface area contributed by atoms with E-state index >= 15 is 0 Å². The molecule has 0 aromatic rings. The molecule has 0 amide bonds. The summed E-state index contributed by atoms with van der Waals surface area (Å²) >= 11 is 0. The molecule has 0 N–H and O–H groups in total. The molecule has 66 valence electrons. The highest BCUT2D eigenvalue weighted by Gasteiger charge is 2.39. The molecule has 0 atom stereocenters. The predicted molar refractivity (Wildman–Crippen MR) is 46.2 cm³/mol. The number of hydrogen-bond donors (Lipinski definition) is 0. The Labute approximate surface area is 71.3 Å². The minimum absolute atomic E-state index is 0.0648. The van der Waals surface area contributed by atoms with Crippen LogP contribution in [0.25, 0.3) is 0 Å². The van der Waals surface area contributed by atoms with Crippen LogP contribution < -0.4 is 0 Å². The van der Waals surface area contributed by atoms with Crippen molar-refractivity contribution in [1.82, 2.24) is 0 Å². The van der Waals surface area contributed by atoms with Crippen molar-refractivity contribution in [3.63, 3.8) is 0 Å². The smallest absolute Gasteiger partial charge is 0.201 e. The van der Waals surface area contributed by atoms with Crippen LogP contribution in [0.15, 0.2) is 36.0 Å². The average Bonchev–Trinajstić information content (AvgIpc) is 2.24. The van der Waals surface area contributed by atoms with Crippen molar-refractivity contribution in [2.45, 2.75) is 25.7 Å². The molecule has 1 rings (SSSR count). The third kappa shape index (κ3) is 1.33. The van der Waals surface area contributed by atoms with E-state index in [1.807, 2.05) is 0 Å². The maximum atomic E-state index is 13.0. The topological polar surface area (TPSA) is 0 Å². The second-order valence-electron chi connectivity index (χ2n) is 3.08. The zero-order chi connectivity index (χ0) is 9.35. The van der Waals surface area contributed by atoms with Gasteiger partial charge in [0, 0.05) is 12.0 Å². The van der Waals surface area contributed by atoms with Gasteiger partial charge in [-0.15, -0.1) is 0 Å². The maximum absolute atomic E-state index is 13.0. The fourth-order valence-electron chi connectivity index (χ4n) is 1.49. The van der Waals surface area contributed by atoms with Crippen molar-refractivity contribution in [1.29, 1.82) is 0 Å². The van der Waals surface area contributed by atoms with Gasteiger partial charge in [0.2, 0.25) is 0 Å². The van der Waals surface area contributed by atoms with E-state index in [1.54, 1.807) is 6.92 Å². The van der Waals surface area contributed by atoms with E-state index in [4.69, 9.17) is 0 Å². The molecule has 0 saturated carbocycles. The van der Waals surface area contributed by atoms with Gasteiger partial charge in [-0.3, -0.25) is 0 Å². The highest BCUT2D eigenvalue weighted by molar-refractivity contribution is 5.44. The first kappa shape index (κ1) is 9.17. The van der Waals surface area contributed by atoms with E-state index in [9.17, 15) is 8.78 Å². The first-order chi connectivity index (χ1) is 5.49. The van der Waals surface area contributed by atoms with Crippen LogP contribution in [0, 0.1) is 0 Å². The lowest BCUT2D eigenvalue weighted by molar-refractivity contribution is 0.0467. The van der Waals surface area contributed by atoms with E-state index in [0.29, 0.717) is 12.0 Å². The number of rotatable bonds is 2. The van der Waals surface area contributed by atoms with Crippen LogP contribution in [0.4, 0.5) is 8.78 Å². The van der Waals surface area contributed by atoms with Gasteiger partial charge in [0.1, 0.15) is 0 Å². The molecule has 0 aromatic heterocycles. The first-order valence-electron chi connectivity index (χ1n) is 3.89. The quantitative estimate of drug-likeness (QED) is 0.595. The molecule has 2 heteroatoms. The number of halogens is 2. The zero-order valence-electron chi connectivity index (χ0n) is 7.16. The lowest BCUT2D eigenvalue weighted by Crippen LogP contribution is -2.12. The van der Waals surface area contributed by atoms with Crippen molar-refractivity contribution in [3.8, 4) is 0 Å². The summed E-state index contributed by atoms with van der Waals surface area (Å²) in [5.74, 6) is -2.68. The van der Waals surface area contributed by atoms with E-state index < -0.39 is 5.92 Å². The van der Waals surface area contributed by atoms with Gasteiger partial charge in [0.15, 0.2) is 0 Å². The summed E-state index contributed by atoms with van der Waals surface area (Å²) in [6.07, 6.45) is 1.57. The largest absolute Gasteiger partial charge is 0.273 e. The van der Waals surface area contributed by atoms with Gasteiger partial charge in [-0.1, -0.05) is 24.8 Å². The van der Waals surface area contributed by atoms with Crippen LogP contribution >= 0.6 is 0 Å². The van der Waals surface area contributed by atoms with E-state index in [1.165, 1.54) is 6.08 Å². The summed E-state index contributed by atoms with van der Waals surface area (Å²) in [4.78, 5) is 0. The minimum atomic E-state index is -2.68. The number of hydrogen-bond acceptors (Lipinski definition) is 0. The van der Waals surface area contributed by atoms with Crippen molar-refractivity contribution in [3.05, 3.63) is 36.0 Å². The maximum Gasteiger partial charge on any atom is 0.273 e. The van der Waals surface area contributed by atoms with Crippen LogP contribution in [0.5, 0.6) is 0 Å². The van der Waals surface area contributed by atoms with E-state index in [0.717, 1.165) is 5.57 Å². The van der Waals surface area contributed by atoms with Crippen molar-refractivity contribution < 1.29 is 8.78 Å². The second kappa shape index (κ2) is 2.85. The molecule has 0 bridgehead atoms. The normalized spacial score (nSPS) is 21.2. The van der Waals surface area contributed by atoms with Crippen molar-refractivity contribution in [2.75, 3.05) is 0 Å². The summed E-state index contributed by atoms with van der Waals surface area (Å²) in [6.45, 7) is 8.80. The standard InChI is InChI=1S/C10H12F2/c1-4-9-8(7(2)3)5-6-10(9,11)12/h4H,1-2,5-6H2,3H3. The van der Waals surface area contributed by atoms with Gasteiger partial charge < -0.3 is 0 Å². The highest BCUT2D eigenvalue weighted by atomic mass is 19.3. The fraction of sp³-hybridized carbons (Fsp3) is 0.400. The molecule has 0 saturated heterocycles. The summed E-state index contributed by atoms with van der Waals surface area (Å²) in [5.41, 5.74) is 1.46. The average molecular weight is 170 g/mol. The third-order valence-electron chi connectivity index (χ3n) is 2.13. The van der Waals surface area contributed by atoms with Gasteiger partial charge in [-0.05, 0) is 18.9 Å². The Balaban J connectivity index is 3.12. The monoisotopic (exact) mass is 170 g/mol. The molecule has 0 aliphatic heterocycles. The molecule has 0 unspecified atom stereocenters. The lowest BCUT2D eigenvalue weighted by Gasteiger charge is -2.10. The molecule has 0 aromatic carbocycles. The molecule has 0 radical (unpaired) electrons. The Morgan fingerprint density at radius 2 is 2.17 bits per heavy atom. The van der Waals surface area contributed by atoms with Crippen molar-refractivity contribution in [2.24, 2.45) is 0 Å². The molecule has 0 fully saturated rings. The lowest BCUT2D eigenvalue weighted by atomic mass is 10.0. The second-order valence-corrected chi connectivity index (χ2v) is 3.08. The summed E-state index contributed by atoms with van der Waals surface area (Å²) < 4.78 is 26.1. The zero-order valence-corrected chi connectivity index (χ0v) is 7.16. The molecule has 0 nitrogen and oxygen atoms in total. The summed E-state index contributed by atoms with van der Waals surface area (Å²) in [5, 5.41) is 0. The molecule has 0 spiro atoms. The van der Waals surface area contributed by atoms with Gasteiger partial charge >= 0.3 is 0 Å². The molecule has 0 heterocycles. The molecular weight excluding hydrogens is 158 g/mol. The SMILES string of the molecule is C=CC1=C(C(=C)C)CCC1(F)F. The Morgan fingerprint density at radius 3 is 2.50 bits per heavy atom. The van der Waals surface area contributed by atoms with Crippen LogP contribution in [0.2, 0.25) is 0 Å². The van der Waals surface area contributed by atoms with Crippen molar-refractivity contribution >= 4 is 0 Å². The minimum Gasteiger partial charge on any atom is -0.201 e. The molecular formula is C10H12F2. The molecule has 12 heavy (non-hydrogen) atoms.